The summed E-state index contributed by atoms with van der Waals surface area (Å²) in [6.45, 7) is 5.35. The first-order chi connectivity index (χ1) is 18.6. The van der Waals surface area contributed by atoms with Crippen molar-refractivity contribution in [1.29, 1.82) is 0 Å². The predicted molar refractivity (Wildman–Crippen MR) is 152 cm³/mol. The minimum atomic E-state index is -0.137. The molecule has 2 bridgehead atoms. The molecule has 1 unspecified atom stereocenters. The van der Waals surface area contributed by atoms with Gasteiger partial charge in [0, 0.05) is 28.6 Å². The van der Waals surface area contributed by atoms with Crippen molar-refractivity contribution in [2.45, 2.75) is 38.3 Å². The highest BCUT2D eigenvalue weighted by molar-refractivity contribution is 6.21. The van der Waals surface area contributed by atoms with Crippen molar-refractivity contribution in [3.05, 3.63) is 101 Å². The molecule has 6 heteroatoms. The molecule has 4 heterocycles. The van der Waals surface area contributed by atoms with Gasteiger partial charge in [-0.05, 0) is 56.0 Å². The molecule has 4 aromatic rings. The van der Waals surface area contributed by atoms with Gasteiger partial charge in [-0.2, -0.15) is 0 Å². The first-order valence-electron chi connectivity index (χ1n) is 13.7. The number of rotatable bonds is 7. The minimum absolute atomic E-state index is 0.0645. The number of carbonyl (C=O) groups excluding carboxylic acids is 1. The Kier molecular flexibility index (Phi) is 6.73. The molecule has 0 aliphatic carbocycles. The van der Waals surface area contributed by atoms with Crippen LogP contribution < -0.4 is 5.32 Å². The van der Waals surface area contributed by atoms with Crippen molar-refractivity contribution >= 4 is 22.5 Å². The normalized spacial score (nSPS) is 21.9. The number of aromatic hydroxyl groups is 1. The number of nitrogens with zero attached hydrogens (tertiary/aromatic N) is 2. The molecule has 0 saturated carbocycles. The zero-order chi connectivity index (χ0) is 26.1. The van der Waals surface area contributed by atoms with Gasteiger partial charge in [0.1, 0.15) is 0 Å². The van der Waals surface area contributed by atoms with E-state index in [1.54, 1.807) is 0 Å². The van der Waals surface area contributed by atoms with Crippen molar-refractivity contribution < 1.29 is 9.90 Å². The summed E-state index contributed by atoms with van der Waals surface area (Å²) in [6.07, 6.45) is 3.15. The zero-order valence-corrected chi connectivity index (χ0v) is 21.7. The van der Waals surface area contributed by atoms with Crippen LogP contribution in [0.2, 0.25) is 0 Å². The van der Waals surface area contributed by atoms with E-state index in [0.717, 1.165) is 53.8 Å². The van der Waals surface area contributed by atoms with Crippen LogP contribution in [0.4, 0.5) is 0 Å². The molecular weight excluding hydrogens is 472 g/mol. The Morgan fingerprint density at radius 2 is 1.74 bits per heavy atom. The van der Waals surface area contributed by atoms with Gasteiger partial charge >= 0.3 is 0 Å². The number of fused-ring (bicyclic) bond motifs is 4. The summed E-state index contributed by atoms with van der Waals surface area (Å²) in [5.74, 6) is 0.525. The number of H-pyrrole nitrogens is 1. The van der Waals surface area contributed by atoms with E-state index in [0.29, 0.717) is 17.0 Å². The Labute approximate surface area is 223 Å². The number of aromatic nitrogens is 1. The van der Waals surface area contributed by atoms with Crippen molar-refractivity contribution in [2.75, 3.05) is 19.6 Å². The number of piperidine rings is 3. The highest BCUT2D eigenvalue weighted by Gasteiger charge is 2.34. The van der Waals surface area contributed by atoms with Gasteiger partial charge in [-0.1, -0.05) is 73.7 Å². The Morgan fingerprint density at radius 1 is 1.03 bits per heavy atom. The van der Waals surface area contributed by atoms with Crippen LogP contribution in [0.15, 0.2) is 83.9 Å². The number of nitrogens with one attached hydrogen (secondary N) is 2. The summed E-state index contributed by atoms with van der Waals surface area (Å²) < 4.78 is 0. The lowest BCUT2D eigenvalue weighted by Crippen LogP contribution is -2.49. The van der Waals surface area contributed by atoms with E-state index in [4.69, 9.17) is 4.99 Å². The first kappa shape index (κ1) is 24.4. The van der Waals surface area contributed by atoms with E-state index in [9.17, 15) is 9.90 Å². The summed E-state index contributed by atoms with van der Waals surface area (Å²) in [5, 5.41) is 15.2. The Hall–Kier alpha value is -3.90. The first-order valence-corrected chi connectivity index (χ1v) is 13.7. The molecule has 194 valence electrons. The third-order valence-corrected chi connectivity index (χ3v) is 8.16. The lowest BCUT2D eigenvalue weighted by molar-refractivity contribution is 0.0907. The van der Waals surface area contributed by atoms with E-state index in [1.165, 1.54) is 12.8 Å². The number of hydrogen-bond acceptors (Lipinski definition) is 4. The fourth-order valence-corrected chi connectivity index (χ4v) is 6.04. The van der Waals surface area contributed by atoms with E-state index >= 15 is 0 Å². The third-order valence-electron chi connectivity index (χ3n) is 8.16. The van der Waals surface area contributed by atoms with Crippen molar-refractivity contribution in [2.24, 2.45) is 10.9 Å². The van der Waals surface area contributed by atoms with Gasteiger partial charge < -0.3 is 20.3 Å². The molecule has 1 amide bonds. The van der Waals surface area contributed by atoms with E-state index in [1.807, 2.05) is 66.7 Å². The van der Waals surface area contributed by atoms with Crippen LogP contribution in [0, 0.1) is 5.92 Å². The highest BCUT2D eigenvalue weighted by atomic mass is 16.3. The van der Waals surface area contributed by atoms with Gasteiger partial charge in [-0.25, -0.2) is 0 Å². The van der Waals surface area contributed by atoms with Crippen LogP contribution in [0.25, 0.3) is 10.9 Å². The van der Waals surface area contributed by atoms with Gasteiger partial charge in [0.25, 0.3) is 5.91 Å². The molecule has 3 aromatic carbocycles. The Balaban J connectivity index is 1.35. The fraction of sp³-hybridized carbons (Fsp3) is 0.312. The largest absolute Gasteiger partial charge is 0.494 e. The summed E-state index contributed by atoms with van der Waals surface area (Å²) in [5.41, 5.74) is 4.84. The summed E-state index contributed by atoms with van der Waals surface area (Å²) in [4.78, 5) is 24.1. The Bertz CT molecular complexity index is 1450. The topological polar surface area (TPSA) is 80.7 Å². The molecule has 3 aliphatic heterocycles. The minimum Gasteiger partial charge on any atom is -0.494 e. The maximum atomic E-state index is 13.2. The highest BCUT2D eigenvalue weighted by Crippen LogP contribution is 2.34. The Morgan fingerprint density at radius 3 is 2.39 bits per heavy atom. The van der Waals surface area contributed by atoms with Crippen LogP contribution >= 0.6 is 0 Å². The molecule has 0 spiro atoms. The quantitative estimate of drug-likeness (QED) is 0.282. The summed E-state index contributed by atoms with van der Waals surface area (Å²) in [6, 6.07) is 25.9. The molecule has 3 aliphatic rings. The standard InChI is InChI=1S/C32H34N4O2/c1-2-26(21-9-5-3-6-10-21)34-31(37)24-13-14-25-27(19-24)35-32(38)29(25)30(23-11-7-4-8-12-23)33-28-20-36-17-15-22(28)16-18-36/h3-14,19,22,26,28,35,38H,2,15-18,20H2,1H3,(H,34,37)/t26-,28?/m1/s1. The number of aromatic amines is 1. The number of benzene rings is 3. The lowest BCUT2D eigenvalue weighted by atomic mass is 9.84. The zero-order valence-electron chi connectivity index (χ0n) is 21.7. The van der Waals surface area contributed by atoms with Crippen molar-refractivity contribution in [3.8, 4) is 5.88 Å². The molecule has 3 N–H and O–H groups in total. The average Bonchev–Trinajstić information content (AvgIpc) is 3.30. The second-order valence-electron chi connectivity index (χ2n) is 10.5. The molecular formula is C32H34N4O2. The SMILES string of the molecule is CC[C@@H](NC(=O)c1ccc2c(C(=NC3CN4CCC3CC4)c3ccccc3)c(O)[nH]c2c1)c1ccccc1. The van der Waals surface area contributed by atoms with Gasteiger partial charge in [0.15, 0.2) is 5.88 Å². The van der Waals surface area contributed by atoms with E-state index in [2.05, 4.69) is 34.3 Å². The number of hydrogen-bond donors (Lipinski definition) is 3. The number of amides is 1. The average molecular weight is 507 g/mol. The summed E-state index contributed by atoms with van der Waals surface area (Å²) >= 11 is 0. The molecule has 6 nitrogen and oxygen atoms in total. The van der Waals surface area contributed by atoms with Crippen LogP contribution in [0.1, 0.15) is 59.3 Å². The van der Waals surface area contributed by atoms with Gasteiger partial charge in [-0.3, -0.25) is 9.79 Å². The smallest absolute Gasteiger partial charge is 0.251 e. The van der Waals surface area contributed by atoms with Crippen LogP contribution in [-0.4, -0.2) is 52.3 Å². The monoisotopic (exact) mass is 506 g/mol. The van der Waals surface area contributed by atoms with E-state index in [-0.39, 0.29) is 23.9 Å². The lowest BCUT2D eigenvalue weighted by Gasteiger charge is -2.43. The van der Waals surface area contributed by atoms with Crippen LogP contribution in [-0.2, 0) is 0 Å². The second kappa shape index (κ2) is 10.5. The maximum Gasteiger partial charge on any atom is 0.251 e. The number of aliphatic imine (C=N–C) groups is 1. The molecule has 3 saturated heterocycles. The second-order valence-corrected chi connectivity index (χ2v) is 10.5. The fourth-order valence-electron chi connectivity index (χ4n) is 6.04. The van der Waals surface area contributed by atoms with E-state index < -0.39 is 0 Å². The molecule has 3 fully saturated rings. The molecule has 38 heavy (non-hydrogen) atoms. The van der Waals surface area contributed by atoms with Crippen LogP contribution in [0.5, 0.6) is 5.88 Å². The number of carbonyl (C=O) groups is 1. The van der Waals surface area contributed by atoms with Crippen molar-refractivity contribution in [1.82, 2.24) is 15.2 Å². The van der Waals surface area contributed by atoms with Gasteiger partial charge in [0.05, 0.1) is 23.4 Å². The van der Waals surface area contributed by atoms with Crippen LogP contribution in [0.3, 0.4) is 0 Å². The van der Waals surface area contributed by atoms with Gasteiger partial charge in [0.2, 0.25) is 0 Å². The van der Waals surface area contributed by atoms with Gasteiger partial charge in [-0.15, -0.1) is 0 Å². The molecule has 7 rings (SSSR count). The van der Waals surface area contributed by atoms with Crippen molar-refractivity contribution in [3.63, 3.8) is 0 Å². The molecule has 0 radical (unpaired) electrons. The third kappa shape index (κ3) is 4.72. The molecule has 1 aromatic heterocycles. The maximum absolute atomic E-state index is 13.2. The summed E-state index contributed by atoms with van der Waals surface area (Å²) in [7, 11) is 0. The molecule has 2 atom stereocenters. The predicted octanol–water partition coefficient (Wildman–Crippen LogP) is 5.69.